The molecule has 31 heavy (non-hydrogen) atoms. The van der Waals surface area contributed by atoms with Crippen molar-refractivity contribution in [3.63, 3.8) is 0 Å². The molecule has 0 spiro atoms. The zero-order valence-electron chi connectivity index (χ0n) is 18.1. The van der Waals surface area contributed by atoms with Crippen LogP contribution in [0.4, 0.5) is 0 Å². The van der Waals surface area contributed by atoms with Crippen LogP contribution in [0.2, 0.25) is 0 Å². The number of aliphatic carboxylic acids is 1. The van der Waals surface area contributed by atoms with E-state index in [4.69, 9.17) is 5.11 Å². The maximum Gasteiger partial charge on any atom is 0.303 e. The third-order valence-corrected chi connectivity index (χ3v) is 8.73. The highest BCUT2D eigenvalue weighted by Crippen LogP contribution is 2.62. The highest BCUT2D eigenvalue weighted by molar-refractivity contribution is 9.10. The van der Waals surface area contributed by atoms with E-state index in [-0.39, 0.29) is 23.8 Å². The first-order valence-electron chi connectivity index (χ1n) is 10.9. The van der Waals surface area contributed by atoms with Gasteiger partial charge in [-0.3, -0.25) is 4.79 Å². The van der Waals surface area contributed by atoms with E-state index < -0.39 is 16.0 Å². The fourth-order valence-corrected chi connectivity index (χ4v) is 6.52. The summed E-state index contributed by atoms with van der Waals surface area (Å²) in [5.74, 6) is 0.537. The highest BCUT2D eigenvalue weighted by atomic mass is 79.9. The lowest BCUT2D eigenvalue weighted by atomic mass is 9.44. The van der Waals surface area contributed by atoms with Crippen LogP contribution in [0, 0.1) is 23.2 Å². The number of rotatable bonds is 10. The maximum absolute atomic E-state index is 12.8. The lowest BCUT2D eigenvalue weighted by Gasteiger charge is -2.62. The molecule has 4 unspecified atom stereocenters. The van der Waals surface area contributed by atoms with Crippen molar-refractivity contribution in [2.24, 2.45) is 23.2 Å². The maximum atomic E-state index is 12.8. The molecule has 0 heterocycles. The summed E-state index contributed by atoms with van der Waals surface area (Å²) in [7, 11) is -3.54. The fourth-order valence-electron chi connectivity index (χ4n) is 5.14. The minimum atomic E-state index is -3.54. The number of sulfonamides is 1. The van der Waals surface area contributed by atoms with Crippen molar-refractivity contribution in [2.45, 2.75) is 58.4 Å². The molecule has 2 N–H and O–H groups in total. The zero-order valence-corrected chi connectivity index (χ0v) is 20.5. The van der Waals surface area contributed by atoms with E-state index >= 15 is 0 Å². The number of unbranched alkanes of at least 4 members (excludes halogenated alkanes) is 1. The number of carboxylic acids is 1. The summed E-state index contributed by atoms with van der Waals surface area (Å²) in [4.78, 5) is 10.6. The Balaban J connectivity index is 1.64. The first kappa shape index (κ1) is 24.2. The van der Waals surface area contributed by atoms with Crippen molar-refractivity contribution in [2.75, 3.05) is 0 Å². The summed E-state index contributed by atoms with van der Waals surface area (Å²) in [6, 6.07) is 7.43. The Kier molecular flexibility index (Phi) is 7.81. The molecule has 3 fully saturated rings. The number of hydrogen-bond donors (Lipinski definition) is 2. The number of hydrogen-bond acceptors (Lipinski definition) is 3. The topological polar surface area (TPSA) is 83.5 Å². The van der Waals surface area contributed by atoms with Crippen LogP contribution in [-0.2, 0) is 14.8 Å². The molecule has 0 aliphatic heterocycles. The van der Waals surface area contributed by atoms with E-state index in [9.17, 15) is 13.2 Å². The monoisotopic (exact) mass is 509 g/mol. The second-order valence-corrected chi connectivity index (χ2v) is 11.9. The van der Waals surface area contributed by atoms with Gasteiger partial charge in [0.1, 0.15) is 0 Å². The number of halogens is 1. The predicted octanol–water partition coefficient (Wildman–Crippen LogP) is 5.59. The van der Waals surface area contributed by atoms with E-state index in [1.54, 1.807) is 6.08 Å². The summed E-state index contributed by atoms with van der Waals surface area (Å²) in [6.45, 7) is 4.60. The lowest BCUT2D eigenvalue weighted by molar-refractivity contribution is -0.137. The molecule has 0 amide bonds. The van der Waals surface area contributed by atoms with Crippen LogP contribution in [0.5, 0.6) is 0 Å². The van der Waals surface area contributed by atoms with E-state index in [2.05, 4.69) is 40.6 Å². The van der Waals surface area contributed by atoms with E-state index in [0.29, 0.717) is 18.3 Å². The minimum absolute atomic E-state index is 0.0694. The van der Waals surface area contributed by atoms with Crippen LogP contribution < -0.4 is 4.72 Å². The summed E-state index contributed by atoms with van der Waals surface area (Å²) in [6.07, 6.45) is 10.2. The van der Waals surface area contributed by atoms with Gasteiger partial charge in [0.15, 0.2) is 0 Å². The molecule has 3 aliphatic carbocycles. The molecule has 7 heteroatoms. The second kappa shape index (κ2) is 10.0. The lowest BCUT2D eigenvalue weighted by Crippen LogP contribution is -2.61. The Bertz CT molecular complexity index is 937. The van der Waals surface area contributed by atoms with Gasteiger partial charge in [0.25, 0.3) is 0 Å². The van der Waals surface area contributed by atoms with Gasteiger partial charge in [0, 0.05) is 22.3 Å². The van der Waals surface area contributed by atoms with Gasteiger partial charge in [-0.05, 0) is 79.0 Å². The van der Waals surface area contributed by atoms with Gasteiger partial charge >= 0.3 is 5.97 Å². The van der Waals surface area contributed by atoms with Crippen LogP contribution in [0.1, 0.15) is 57.9 Å². The van der Waals surface area contributed by atoms with Gasteiger partial charge in [0.05, 0.1) is 0 Å². The molecular weight excluding hydrogens is 478 g/mol. The third-order valence-electron chi connectivity index (χ3n) is 7.08. The molecule has 4 atom stereocenters. The van der Waals surface area contributed by atoms with Crippen molar-refractivity contribution in [1.29, 1.82) is 0 Å². The molecule has 2 bridgehead atoms. The largest absolute Gasteiger partial charge is 0.481 e. The first-order valence-corrected chi connectivity index (χ1v) is 13.2. The number of carbonyl (C=O) groups is 1. The van der Waals surface area contributed by atoms with Crippen molar-refractivity contribution in [1.82, 2.24) is 4.72 Å². The van der Waals surface area contributed by atoms with E-state index in [1.165, 1.54) is 5.41 Å². The molecule has 170 valence electrons. The number of fused-ring (bicyclic) bond motifs is 2. The standard InChI is InChI=1S/C24H32BrNO4S/c1-24(2)18-15-21(24)20(7-5-3-4-6-8-23(27)28)22(16-18)26-31(29,30)14-13-17-9-11-19(25)12-10-17/h3,5,9-14,18,20-22,26H,4,6-8,15-16H2,1-2H3,(H,27,28)/b5-3-,14-13?. The molecule has 0 saturated heterocycles. The second-order valence-electron chi connectivity index (χ2n) is 9.38. The van der Waals surface area contributed by atoms with Gasteiger partial charge in [-0.1, -0.05) is 54.1 Å². The molecule has 3 saturated carbocycles. The number of carboxylic acid groups (broad SMARTS) is 1. The first-order chi connectivity index (χ1) is 14.6. The average Bonchev–Trinajstić information content (AvgIpc) is 2.70. The molecule has 1 aromatic rings. The zero-order chi connectivity index (χ0) is 22.6. The van der Waals surface area contributed by atoms with Crippen molar-refractivity contribution >= 4 is 38.0 Å². The van der Waals surface area contributed by atoms with Crippen LogP contribution in [-0.4, -0.2) is 25.5 Å². The Hall–Kier alpha value is -1.44. The van der Waals surface area contributed by atoms with E-state index in [0.717, 1.165) is 35.7 Å². The summed E-state index contributed by atoms with van der Waals surface area (Å²) in [5.41, 5.74) is 1.08. The SMILES string of the molecule is CC1(C)C2CC(NS(=O)(=O)C=Cc3ccc(Br)cc3)C(C/C=C\CCCC(=O)O)C1C2. The predicted molar refractivity (Wildman–Crippen MR) is 128 cm³/mol. The number of benzene rings is 1. The van der Waals surface area contributed by atoms with E-state index in [1.807, 2.05) is 30.3 Å². The molecule has 0 aromatic heterocycles. The minimum Gasteiger partial charge on any atom is -0.481 e. The molecule has 0 radical (unpaired) electrons. The fraction of sp³-hybridized carbons (Fsp3) is 0.542. The van der Waals surface area contributed by atoms with Gasteiger partial charge in [-0.2, -0.15) is 0 Å². The van der Waals surface area contributed by atoms with Crippen LogP contribution in [0.25, 0.3) is 6.08 Å². The smallest absolute Gasteiger partial charge is 0.303 e. The quantitative estimate of drug-likeness (QED) is 0.318. The molecule has 5 nitrogen and oxygen atoms in total. The Labute approximate surface area is 194 Å². The Morgan fingerprint density at radius 1 is 1.23 bits per heavy atom. The van der Waals surface area contributed by atoms with Gasteiger partial charge in [-0.15, -0.1) is 0 Å². The Morgan fingerprint density at radius 3 is 2.58 bits per heavy atom. The third kappa shape index (κ3) is 6.30. The van der Waals surface area contributed by atoms with Crippen LogP contribution >= 0.6 is 15.9 Å². The molecule has 1 aromatic carbocycles. The van der Waals surface area contributed by atoms with Gasteiger partial charge < -0.3 is 5.11 Å². The Morgan fingerprint density at radius 2 is 1.94 bits per heavy atom. The molecule has 4 rings (SSSR count). The van der Waals surface area contributed by atoms with Crippen LogP contribution in [0.15, 0.2) is 46.3 Å². The van der Waals surface area contributed by atoms with Gasteiger partial charge in [-0.25, -0.2) is 13.1 Å². The average molecular weight is 510 g/mol. The summed E-state index contributed by atoms with van der Waals surface area (Å²) < 4.78 is 29.4. The number of allylic oxidation sites excluding steroid dienone is 2. The van der Waals surface area contributed by atoms with Crippen molar-refractivity contribution in [3.05, 3.63) is 51.9 Å². The molecular formula is C24H32BrNO4S. The highest BCUT2D eigenvalue weighted by Gasteiger charge is 2.57. The van der Waals surface area contributed by atoms with Crippen molar-refractivity contribution in [3.8, 4) is 0 Å². The summed E-state index contributed by atoms with van der Waals surface area (Å²) in [5, 5.41) is 10.0. The normalized spacial score (nSPS) is 27.5. The number of nitrogens with one attached hydrogen (secondary N) is 1. The van der Waals surface area contributed by atoms with Crippen LogP contribution in [0.3, 0.4) is 0 Å². The molecule has 3 aliphatic rings. The van der Waals surface area contributed by atoms with Gasteiger partial charge in [0.2, 0.25) is 10.0 Å². The van der Waals surface area contributed by atoms with Crippen molar-refractivity contribution < 1.29 is 18.3 Å². The summed E-state index contributed by atoms with van der Waals surface area (Å²) >= 11 is 3.38.